The van der Waals surface area contributed by atoms with Crippen molar-refractivity contribution in [1.82, 2.24) is 14.9 Å². The highest BCUT2D eigenvalue weighted by Crippen LogP contribution is 2.21. The normalized spacial score (nSPS) is 10.6. The van der Waals surface area contributed by atoms with Gasteiger partial charge in [0.1, 0.15) is 0 Å². The fraction of sp³-hybridized carbons (Fsp3) is 0.375. The summed E-state index contributed by atoms with van der Waals surface area (Å²) in [6, 6.07) is 6.32. The fourth-order valence-electron chi connectivity index (χ4n) is 1.91. The minimum Gasteiger partial charge on any atom is -0.355 e. The summed E-state index contributed by atoms with van der Waals surface area (Å²) in [5, 5.41) is 3.71. The van der Waals surface area contributed by atoms with E-state index in [0.717, 1.165) is 23.8 Å². The second kappa shape index (κ2) is 7.31. The van der Waals surface area contributed by atoms with Gasteiger partial charge in [-0.25, -0.2) is 4.98 Å². The van der Waals surface area contributed by atoms with E-state index in [1.165, 1.54) is 22.9 Å². The van der Waals surface area contributed by atoms with Gasteiger partial charge in [-0.1, -0.05) is 24.8 Å². The number of aromatic nitrogens is 2. The van der Waals surface area contributed by atoms with Gasteiger partial charge in [-0.2, -0.15) is 0 Å². The van der Waals surface area contributed by atoms with Crippen LogP contribution in [0.25, 0.3) is 5.69 Å². The molecular weight excluding hydrogens is 282 g/mol. The van der Waals surface area contributed by atoms with Crippen molar-refractivity contribution in [3.8, 4) is 5.69 Å². The third kappa shape index (κ3) is 4.11. The van der Waals surface area contributed by atoms with Gasteiger partial charge in [-0.05, 0) is 43.5 Å². The number of hydrogen-bond acceptors (Lipinski definition) is 3. The molecule has 0 radical (unpaired) electrons. The monoisotopic (exact) mass is 303 g/mol. The van der Waals surface area contributed by atoms with Gasteiger partial charge in [0.2, 0.25) is 5.91 Å². The summed E-state index contributed by atoms with van der Waals surface area (Å²) in [6.07, 6.45) is 4.64. The van der Waals surface area contributed by atoms with Gasteiger partial charge in [0.25, 0.3) is 0 Å². The van der Waals surface area contributed by atoms with E-state index >= 15 is 0 Å². The Labute approximate surface area is 130 Å². The first-order chi connectivity index (χ1) is 10.1. The lowest BCUT2D eigenvalue weighted by molar-refractivity contribution is -0.118. The Morgan fingerprint density at radius 1 is 1.33 bits per heavy atom. The predicted molar refractivity (Wildman–Crippen MR) is 87.1 cm³/mol. The van der Waals surface area contributed by atoms with E-state index in [1.807, 2.05) is 17.7 Å². The topological polar surface area (TPSA) is 46.9 Å². The molecule has 0 unspecified atom stereocenters. The Bertz CT molecular complexity index is 622. The number of amides is 1. The van der Waals surface area contributed by atoms with Gasteiger partial charge >= 0.3 is 0 Å². The van der Waals surface area contributed by atoms with E-state index in [1.54, 1.807) is 6.20 Å². The summed E-state index contributed by atoms with van der Waals surface area (Å²) in [5.41, 5.74) is 3.59. The van der Waals surface area contributed by atoms with Gasteiger partial charge in [-0.3, -0.25) is 9.36 Å². The minimum atomic E-state index is 0.0523. The van der Waals surface area contributed by atoms with Gasteiger partial charge < -0.3 is 5.32 Å². The van der Waals surface area contributed by atoms with Crippen molar-refractivity contribution in [1.29, 1.82) is 0 Å². The van der Waals surface area contributed by atoms with Crippen LogP contribution in [-0.2, 0) is 4.79 Å². The van der Waals surface area contributed by atoms with Gasteiger partial charge in [-0.15, -0.1) is 0 Å². The molecule has 0 saturated heterocycles. The average molecular weight is 303 g/mol. The molecule has 0 aliphatic rings. The zero-order chi connectivity index (χ0) is 15.2. The van der Waals surface area contributed by atoms with Crippen molar-refractivity contribution in [2.75, 3.05) is 12.3 Å². The molecule has 0 saturated carbocycles. The lowest BCUT2D eigenvalue weighted by atomic mass is 10.1. The third-order valence-corrected chi connectivity index (χ3v) is 4.25. The van der Waals surface area contributed by atoms with Crippen molar-refractivity contribution in [3.63, 3.8) is 0 Å². The number of benzene rings is 1. The Hall–Kier alpha value is -1.75. The highest BCUT2D eigenvalue weighted by molar-refractivity contribution is 7.99. The summed E-state index contributed by atoms with van der Waals surface area (Å²) in [6.45, 7) is 6.96. The van der Waals surface area contributed by atoms with E-state index in [9.17, 15) is 4.79 Å². The summed E-state index contributed by atoms with van der Waals surface area (Å²) < 4.78 is 2.02. The van der Waals surface area contributed by atoms with Gasteiger partial charge in [0.15, 0.2) is 5.16 Å². The standard InChI is InChI=1S/C16H21N3OS/c1-4-7-17-15(20)11-21-16-18-8-9-19(16)14-6-5-12(2)13(3)10-14/h5-6,8-10H,4,7,11H2,1-3H3,(H,17,20). The number of aryl methyl sites for hydroxylation is 2. The molecule has 1 heterocycles. The molecule has 1 aromatic heterocycles. The van der Waals surface area contributed by atoms with Crippen molar-refractivity contribution in [2.24, 2.45) is 0 Å². The number of imidazole rings is 1. The Balaban J connectivity index is 2.08. The van der Waals surface area contributed by atoms with Crippen molar-refractivity contribution < 1.29 is 4.79 Å². The van der Waals surface area contributed by atoms with Crippen LogP contribution in [-0.4, -0.2) is 27.8 Å². The number of hydrogen-bond donors (Lipinski definition) is 1. The van der Waals surface area contributed by atoms with E-state index in [4.69, 9.17) is 0 Å². The average Bonchev–Trinajstić information content (AvgIpc) is 2.94. The molecule has 0 aliphatic heterocycles. The molecule has 21 heavy (non-hydrogen) atoms. The van der Waals surface area contributed by atoms with Crippen LogP contribution in [0.15, 0.2) is 35.7 Å². The number of nitrogens with zero attached hydrogens (tertiary/aromatic N) is 2. The van der Waals surface area contributed by atoms with Crippen LogP contribution in [0.1, 0.15) is 24.5 Å². The maximum Gasteiger partial charge on any atom is 0.230 e. The fourth-order valence-corrected chi connectivity index (χ4v) is 2.72. The lowest BCUT2D eigenvalue weighted by Crippen LogP contribution is -2.25. The molecule has 0 bridgehead atoms. The first kappa shape index (κ1) is 15.6. The third-order valence-electron chi connectivity index (χ3n) is 3.28. The number of nitrogens with one attached hydrogen (secondary N) is 1. The SMILES string of the molecule is CCCNC(=O)CSc1nccn1-c1ccc(C)c(C)c1. The quantitative estimate of drug-likeness (QED) is 0.834. The van der Waals surface area contributed by atoms with Crippen molar-refractivity contribution >= 4 is 17.7 Å². The van der Waals surface area contributed by atoms with E-state index < -0.39 is 0 Å². The Kier molecular flexibility index (Phi) is 5.44. The van der Waals surface area contributed by atoms with Crippen LogP contribution < -0.4 is 5.32 Å². The molecule has 1 aromatic carbocycles. The molecule has 2 aromatic rings. The van der Waals surface area contributed by atoms with Gasteiger partial charge in [0.05, 0.1) is 5.75 Å². The molecule has 0 atom stereocenters. The van der Waals surface area contributed by atoms with Crippen LogP contribution in [0.5, 0.6) is 0 Å². The molecule has 1 amide bonds. The molecule has 5 heteroatoms. The summed E-state index contributed by atoms with van der Waals surface area (Å²) in [4.78, 5) is 16.0. The van der Waals surface area contributed by atoms with E-state index in [0.29, 0.717) is 5.75 Å². The summed E-state index contributed by atoms with van der Waals surface area (Å²) >= 11 is 1.46. The molecule has 1 N–H and O–H groups in total. The summed E-state index contributed by atoms with van der Waals surface area (Å²) in [7, 11) is 0. The molecular formula is C16H21N3OS. The maximum absolute atomic E-state index is 11.7. The zero-order valence-electron chi connectivity index (χ0n) is 12.7. The van der Waals surface area contributed by atoms with Crippen LogP contribution >= 0.6 is 11.8 Å². The molecule has 0 aliphatic carbocycles. The van der Waals surface area contributed by atoms with Gasteiger partial charge in [0, 0.05) is 24.6 Å². The van der Waals surface area contributed by atoms with E-state index in [-0.39, 0.29) is 5.91 Å². The Morgan fingerprint density at radius 3 is 2.86 bits per heavy atom. The smallest absolute Gasteiger partial charge is 0.230 e. The van der Waals surface area contributed by atoms with Crippen LogP contribution in [0.3, 0.4) is 0 Å². The van der Waals surface area contributed by atoms with Crippen LogP contribution in [0.4, 0.5) is 0 Å². The van der Waals surface area contributed by atoms with Crippen molar-refractivity contribution in [2.45, 2.75) is 32.3 Å². The maximum atomic E-state index is 11.7. The molecule has 2 rings (SSSR count). The number of rotatable bonds is 6. The molecule has 0 spiro atoms. The van der Waals surface area contributed by atoms with Crippen molar-refractivity contribution in [3.05, 3.63) is 41.7 Å². The zero-order valence-corrected chi connectivity index (χ0v) is 13.5. The molecule has 4 nitrogen and oxygen atoms in total. The number of thioether (sulfide) groups is 1. The van der Waals surface area contributed by atoms with Crippen LogP contribution in [0, 0.1) is 13.8 Å². The minimum absolute atomic E-state index is 0.0523. The molecule has 112 valence electrons. The molecule has 0 fully saturated rings. The first-order valence-electron chi connectivity index (χ1n) is 7.12. The van der Waals surface area contributed by atoms with Crippen LogP contribution in [0.2, 0.25) is 0 Å². The lowest BCUT2D eigenvalue weighted by Gasteiger charge is -2.09. The second-order valence-electron chi connectivity index (χ2n) is 4.99. The first-order valence-corrected chi connectivity index (χ1v) is 8.11. The largest absolute Gasteiger partial charge is 0.355 e. The summed E-state index contributed by atoms with van der Waals surface area (Å²) in [5.74, 6) is 0.443. The highest BCUT2D eigenvalue weighted by Gasteiger charge is 2.09. The second-order valence-corrected chi connectivity index (χ2v) is 5.93. The number of carbonyl (C=O) groups is 1. The Morgan fingerprint density at radius 2 is 2.14 bits per heavy atom. The van der Waals surface area contributed by atoms with E-state index in [2.05, 4.69) is 42.3 Å². The number of carbonyl (C=O) groups excluding carboxylic acids is 1. The predicted octanol–water partition coefficient (Wildman–Crippen LogP) is 3.11. The highest BCUT2D eigenvalue weighted by atomic mass is 32.2.